The summed E-state index contributed by atoms with van der Waals surface area (Å²) in [5.74, 6) is 1.55. The van der Waals surface area contributed by atoms with E-state index in [4.69, 9.17) is 42.4 Å². The molecule has 2 aromatic rings. The largest absolute Gasteiger partial charge is 0.497 e. The Hall–Kier alpha value is -2.09. The van der Waals surface area contributed by atoms with Gasteiger partial charge in [0, 0.05) is 78.4 Å². The Balaban J connectivity index is 1.74. The molecule has 3 unspecified atom stereocenters. The van der Waals surface area contributed by atoms with Gasteiger partial charge in [-0.1, -0.05) is 64.8 Å². The first kappa shape index (κ1) is 55.0. The number of nitrogens with two attached hydrogens (primary N) is 1. The molecule has 0 saturated heterocycles. The van der Waals surface area contributed by atoms with E-state index in [0.717, 1.165) is 54.9 Å². The summed E-state index contributed by atoms with van der Waals surface area (Å²) in [6.45, 7) is 12.3. The van der Waals surface area contributed by atoms with Crippen molar-refractivity contribution < 1.29 is 56.5 Å². The van der Waals surface area contributed by atoms with Gasteiger partial charge < -0.3 is 62.2 Å². The van der Waals surface area contributed by atoms with Crippen LogP contribution in [0.2, 0.25) is 12.1 Å². The zero-order chi connectivity index (χ0) is 45.2. The number of hydrogen-bond donors (Lipinski definition) is 6. The van der Waals surface area contributed by atoms with Gasteiger partial charge in [-0.15, -0.1) is 0 Å². The number of rotatable bonds is 37. The third kappa shape index (κ3) is 20.5. The Morgan fingerprint density at radius 3 is 1.54 bits per heavy atom. The van der Waals surface area contributed by atoms with Crippen molar-refractivity contribution in [3.8, 4) is 11.5 Å². The topological polar surface area (TPSA) is 199 Å². The molecule has 0 aromatic heterocycles. The van der Waals surface area contributed by atoms with Gasteiger partial charge in [-0.25, -0.2) is 5.01 Å². The number of aliphatic hydroxyl groups excluding tert-OH is 2. The minimum atomic E-state index is -3.19. The van der Waals surface area contributed by atoms with Crippen LogP contribution in [0, 0.1) is 0 Å². The number of aliphatic hydroxyl groups is 2. The lowest BCUT2D eigenvalue weighted by Gasteiger charge is -2.33. The van der Waals surface area contributed by atoms with Crippen molar-refractivity contribution in [3.63, 3.8) is 0 Å². The summed E-state index contributed by atoms with van der Waals surface area (Å²) >= 11 is 0. The van der Waals surface area contributed by atoms with Gasteiger partial charge in [0.05, 0.1) is 45.8 Å². The molecule has 0 amide bonds. The summed E-state index contributed by atoms with van der Waals surface area (Å²) in [6.07, 6.45) is 4.07. The van der Waals surface area contributed by atoms with Crippen molar-refractivity contribution in [2.75, 3.05) is 87.7 Å². The molecule has 3 atom stereocenters. The smallest absolute Gasteiger partial charge is 0.494 e. The summed E-state index contributed by atoms with van der Waals surface area (Å²) in [4.78, 5) is 22.5. The van der Waals surface area contributed by atoms with Crippen LogP contribution in [0.15, 0.2) is 48.5 Å². The molecule has 0 aliphatic heterocycles. The summed E-state index contributed by atoms with van der Waals surface area (Å²) in [5.41, 5.74) is 11.7. The van der Waals surface area contributed by atoms with E-state index in [9.17, 15) is 19.8 Å². The van der Waals surface area contributed by atoms with E-state index in [2.05, 4.69) is 50.5 Å². The quantitative estimate of drug-likeness (QED) is 0.0241. The number of unbranched alkanes of at least 4 members (excludes halogenated alkanes) is 1. The SMILES string of the molecule is CCCCNN(CCC[Si](O)(OC)OC)C(O)COCCCOc1ccc(C(C)(C)c2ccc(OCCCOCC(O)N(CCC[Si](O)(OC)OC)C(N)CCC)cc2)cc1. The standard InChI is InChI=1S/C43H80N4O12Si2/c1-9-11-25-45-47(27-13-33-61(51,54-7)55-8)42(49)35-57-29-15-31-59-39-23-19-37(20-24-39)43(3,4)36-17-21-38(22-18-36)58-30-14-28-56-34-41(48)46(40(44)16-10-2)26-12-32-60(50,52-5)53-6/h17-24,40-42,45,48-51H,9-16,25-35,44H2,1-8H3. The highest BCUT2D eigenvalue weighted by molar-refractivity contribution is 6.59. The molecule has 7 N–H and O–H groups in total. The van der Waals surface area contributed by atoms with E-state index in [1.165, 1.54) is 28.4 Å². The number of ether oxygens (including phenoxy) is 4. The fourth-order valence-electron chi connectivity index (χ4n) is 6.63. The molecule has 2 rings (SSSR count). The van der Waals surface area contributed by atoms with E-state index in [1.807, 2.05) is 36.1 Å². The molecule has 352 valence electrons. The molecule has 0 aliphatic rings. The number of hydrogen-bond acceptors (Lipinski definition) is 16. The molecule has 2 aromatic carbocycles. The second kappa shape index (κ2) is 30.1. The Bertz CT molecular complexity index is 1390. The van der Waals surface area contributed by atoms with Crippen molar-refractivity contribution in [1.29, 1.82) is 0 Å². The monoisotopic (exact) mass is 901 g/mol. The lowest BCUT2D eigenvalue weighted by Crippen LogP contribution is -2.51. The van der Waals surface area contributed by atoms with Crippen LogP contribution in [-0.4, -0.2) is 154 Å². The maximum Gasteiger partial charge on any atom is 0.497 e. The molecule has 0 aliphatic carbocycles. The fraction of sp³-hybridized carbons (Fsp3) is 0.721. The molecule has 0 bridgehead atoms. The van der Waals surface area contributed by atoms with Gasteiger partial charge in [0.2, 0.25) is 0 Å². The van der Waals surface area contributed by atoms with Crippen LogP contribution in [-0.2, 0) is 32.6 Å². The molecule has 0 radical (unpaired) electrons. The number of hydrazine groups is 1. The third-order valence-electron chi connectivity index (χ3n) is 10.8. The fourth-order valence-corrected chi connectivity index (χ4v) is 8.99. The molecule has 16 nitrogen and oxygen atoms in total. The van der Waals surface area contributed by atoms with E-state index in [-0.39, 0.29) is 24.8 Å². The molecule has 0 spiro atoms. The van der Waals surface area contributed by atoms with E-state index >= 15 is 0 Å². The molecule has 61 heavy (non-hydrogen) atoms. The van der Waals surface area contributed by atoms with E-state index in [0.29, 0.717) is 77.3 Å². The zero-order valence-electron chi connectivity index (χ0n) is 38.3. The van der Waals surface area contributed by atoms with Crippen LogP contribution in [0.4, 0.5) is 0 Å². The normalized spacial score (nSPS) is 14.1. The first-order chi connectivity index (χ1) is 29.2. The third-order valence-corrected chi connectivity index (χ3v) is 15.3. The van der Waals surface area contributed by atoms with Gasteiger partial charge >= 0.3 is 17.6 Å². The van der Waals surface area contributed by atoms with Crippen LogP contribution >= 0.6 is 0 Å². The highest BCUT2D eigenvalue weighted by atomic mass is 28.4. The van der Waals surface area contributed by atoms with Crippen molar-refractivity contribution in [1.82, 2.24) is 15.3 Å². The van der Waals surface area contributed by atoms with Crippen molar-refractivity contribution in [2.24, 2.45) is 5.73 Å². The predicted molar refractivity (Wildman–Crippen MR) is 241 cm³/mol. The summed E-state index contributed by atoms with van der Waals surface area (Å²) < 4.78 is 44.2. The lowest BCUT2D eigenvalue weighted by molar-refractivity contribution is -0.0835. The van der Waals surface area contributed by atoms with Crippen LogP contribution in [0.3, 0.4) is 0 Å². The molecular weight excluding hydrogens is 821 g/mol. The summed E-state index contributed by atoms with van der Waals surface area (Å²) in [6, 6.07) is 17.1. The maximum atomic E-state index is 10.9. The van der Waals surface area contributed by atoms with Crippen molar-refractivity contribution in [3.05, 3.63) is 59.7 Å². The van der Waals surface area contributed by atoms with Gasteiger partial charge in [-0.2, -0.15) is 0 Å². The van der Waals surface area contributed by atoms with Crippen LogP contribution < -0.4 is 20.6 Å². The highest BCUT2D eigenvalue weighted by Crippen LogP contribution is 2.33. The Morgan fingerprint density at radius 1 is 0.639 bits per heavy atom. The average Bonchev–Trinajstić information content (AvgIpc) is 3.27. The minimum absolute atomic E-state index is 0.116. The number of benzene rings is 2. The molecule has 0 saturated carbocycles. The van der Waals surface area contributed by atoms with Crippen molar-refractivity contribution >= 4 is 17.6 Å². The second-order valence-corrected chi connectivity index (χ2v) is 21.2. The zero-order valence-corrected chi connectivity index (χ0v) is 40.3. The van der Waals surface area contributed by atoms with Gasteiger partial charge in [-0.3, -0.25) is 10.3 Å². The van der Waals surface area contributed by atoms with E-state index in [1.54, 1.807) is 5.01 Å². The molecule has 0 fully saturated rings. The minimum Gasteiger partial charge on any atom is -0.494 e. The van der Waals surface area contributed by atoms with Gasteiger partial charge in [0.15, 0.2) is 0 Å². The maximum absolute atomic E-state index is 10.9. The first-order valence-corrected chi connectivity index (χ1v) is 25.8. The molecule has 18 heteroatoms. The lowest BCUT2D eigenvalue weighted by atomic mass is 9.78. The van der Waals surface area contributed by atoms with Crippen LogP contribution in [0.25, 0.3) is 0 Å². The molecular formula is C43H80N4O12Si2. The first-order valence-electron chi connectivity index (χ1n) is 21.9. The number of nitrogens with one attached hydrogen (secondary N) is 1. The van der Waals surface area contributed by atoms with Gasteiger partial charge in [0.25, 0.3) is 0 Å². The molecule has 0 heterocycles. The Labute approximate surface area is 368 Å². The Kier molecular flexibility index (Phi) is 27.2. The van der Waals surface area contributed by atoms with Crippen molar-refractivity contribution in [2.45, 2.75) is 115 Å². The van der Waals surface area contributed by atoms with Gasteiger partial charge in [-0.05, 0) is 61.1 Å². The highest BCUT2D eigenvalue weighted by Gasteiger charge is 2.35. The van der Waals surface area contributed by atoms with Crippen LogP contribution in [0.1, 0.15) is 90.2 Å². The summed E-state index contributed by atoms with van der Waals surface area (Å²) in [5, 5.41) is 23.4. The van der Waals surface area contributed by atoms with E-state index < -0.39 is 30.1 Å². The average molecular weight is 901 g/mol. The Morgan fingerprint density at radius 2 is 1.10 bits per heavy atom. The predicted octanol–water partition coefficient (Wildman–Crippen LogP) is 4.44. The van der Waals surface area contributed by atoms with Crippen LogP contribution in [0.5, 0.6) is 11.5 Å². The van der Waals surface area contributed by atoms with Gasteiger partial charge in [0.1, 0.15) is 24.0 Å². The number of nitrogens with zero attached hydrogens (tertiary/aromatic N) is 2. The second-order valence-electron chi connectivity index (χ2n) is 15.7. The summed E-state index contributed by atoms with van der Waals surface area (Å²) in [7, 11) is -0.557.